The standard InChI is InChI=1S/C10H13ClN2/c1-8-6-9(4-5-10(8)11)12-7-13(2)3/h4-7H,1-3H3. The average Bonchev–Trinajstić information content (AvgIpc) is 2.07. The minimum atomic E-state index is 0.781. The molecule has 0 aliphatic carbocycles. The zero-order valence-corrected chi connectivity index (χ0v) is 8.84. The molecule has 0 saturated carbocycles. The lowest BCUT2D eigenvalue weighted by atomic mass is 10.2. The maximum Gasteiger partial charge on any atom is 0.0907 e. The lowest BCUT2D eigenvalue weighted by molar-refractivity contribution is 0.643. The molecular weight excluding hydrogens is 184 g/mol. The molecule has 1 aromatic carbocycles. The van der Waals surface area contributed by atoms with Crippen LogP contribution in [0.1, 0.15) is 5.56 Å². The molecule has 0 atom stereocenters. The smallest absolute Gasteiger partial charge is 0.0907 e. The number of hydrogen-bond donors (Lipinski definition) is 0. The molecule has 0 spiro atoms. The number of rotatable bonds is 2. The quantitative estimate of drug-likeness (QED) is 0.525. The van der Waals surface area contributed by atoms with Crippen molar-refractivity contribution in [1.29, 1.82) is 0 Å². The van der Waals surface area contributed by atoms with Gasteiger partial charge in [-0.2, -0.15) is 0 Å². The maximum atomic E-state index is 5.88. The van der Waals surface area contributed by atoms with Gasteiger partial charge in [0.1, 0.15) is 0 Å². The van der Waals surface area contributed by atoms with Gasteiger partial charge in [-0.25, -0.2) is 4.99 Å². The topological polar surface area (TPSA) is 15.6 Å². The van der Waals surface area contributed by atoms with E-state index in [9.17, 15) is 0 Å². The van der Waals surface area contributed by atoms with Crippen LogP contribution < -0.4 is 0 Å². The first kappa shape index (κ1) is 10.1. The summed E-state index contributed by atoms with van der Waals surface area (Å²) in [6, 6.07) is 5.72. The molecule has 0 aliphatic heterocycles. The number of aryl methyl sites for hydroxylation is 1. The second kappa shape index (κ2) is 4.28. The summed E-state index contributed by atoms with van der Waals surface area (Å²) < 4.78 is 0. The molecule has 1 aromatic rings. The highest BCUT2D eigenvalue weighted by Crippen LogP contribution is 2.20. The first-order chi connectivity index (χ1) is 6.09. The number of nitrogens with zero attached hydrogens (tertiary/aromatic N) is 2. The molecule has 2 nitrogen and oxygen atoms in total. The fourth-order valence-corrected chi connectivity index (χ4v) is 1.01. The Morgan fingerprint density at radius 3 is 2.62 bits per heavy atom. The molecular formula is C10H13ClN2. The number of halogens is 1. The lowest BCUT2D eigenvalue weighted by Crippen LogP contribution is -2.06. The molecule has 0 amide bonds. The van der Waals surface area contributed by atoms with Crippen molar-refractivity contribution in [3.8, 4) is 0 Å². The van der Waals surface area contributed by atoms with Gasteiger partial charge in [0.25, 0.3) is 0 Å². The van der Waals surface area contributed by atoms with Gasteiger partial charge in [0.05, 0.1) is 12.0 Å². The van der Waals surface area contributed by atoms with E-state index >= 15 is 0 Å². The van der Waals surface area contributed by atoms with Crippen LogP contribution in [0.25, 0.3) is 0 Å². The molecule has 0 N–H and O–H groups in total. The van der Waals surface area contributed by atoms with Crippen molar-refractivity contribution in [3.05, 3.63) is 28.8 Å². The van der Waals surface area contributed by atoms with Gasteiger partial charge < -0.3 is 4.90 Å². The van der Waals surface area contributed by atoms with Gasteiger partial charge in [0.15, 0.2) is 0 Å². The Balaban J connectivity index is 2.85. The van der Waals surface area contributed by atoms with Crippen LogP contribution in [0.15, 0.2) is 23.2 Å². The summed E-state index contributed by atoms with van der Waals surface area (Å²) in [6.45, 7) is 1.97. The summed E-state index contributed by atoms with van der Waals surface area (Å²) in [4.78, 5) is 6.14. The molecule has 3 heteroatoms. The molecule has 0 aromatic heterocycles. The molecule has 1 rings (SSSR count). The maximum absolute atomic E-state index is 5.88. The van der Waals surface area contributed by atoms with Gasteiger partial charge >= 0.3 is 0 Å². The van der Waals surface area contributed by atoms with Gasteiger partial charge in [-0.1, -0.05) is 11.6 Å². The van der Waals surface area contributed by atoms with E-state index in [0.29, 0.717) is 0 Å². The second-order valence-electron chi connectivity index (χ2n) is 3.14. The molecule has 13 heavy (non-hydrogen) atoms. The molecule has 0 unspecified atom stereocenters. The second-order valence-corrected chi connectivity index (χ2v) is 3.55. The molecule has 0 fully saturated rings. The molecule has 0 saturated heterocycles. The Morgan fingerprint density at radius 1 is 1.38 bits per heavy atom. The van der Waals surface area contributed by atoms with Gasteiger partial charge in [-0.15, -0.1) is 0 Å². The monoisotopic (exact) mass is 196 g/mol. The van der Waals surface area contributed by atoms with Crippen LogP contribution in [0.5, 0.6) is 0 Å². The van der Waals surface area contributed by atoms with Gasteiger partial charge in [-0.3, -0.25) is 0 Å². The Bertz CT molecular complexity index is 319. The Hall–Kier alpha value is -1.02. The van der Waals surface area contributed by atoms with E-state index in [1.54, 1.807) is 6.34 Å². The Morgan fingerprint density at radius 2 is 2.08 bits per heavy atom. The molecule has 0 aliphatic rings. The van der Waals surface area contributed by atoms with Crippen molar-refractivity contribution in [1.82, 2.24) is 4.90 Å². The largest absolute Gasteiger partial charge is 0.369 e. The average molecular weight is 197 g/mol. The van der Waals surface area contributed by atoms with E-state index in [2.05, 4.69) is 4.99 Å². The molecule has 0 bridgehead atoms. The van der Waals surface area contributed by atoms with E-state index in [-0.39, 0.29) is 0 Å². The zero-order valence-electron chi connectivity index (χ0n) is 8.08. The summed E-state index contributed by atoms with van der Waals surface area (Å²) in [6.07, 6.45) is 1.77. The highest BCUT2D eigenvalue weighted by molar-refractivity contribution is 6.31. The van der Waals surface area contributed by atoms with Crippen molar-refractivity contribution in [3.63, 3.8) is 0 Å². The third-order valence-electron chi connectivity index (χ3n) is 1.58. The Kier molecular flexibility index (Phi) is 3.32. The van der Waals surface area contributed by atoms with Crippen molar-refractivity contribution >= 4 is 23.6 Å². The highest BCUT2D eigenvalue weighted by atomic mass is 35.5. The minimum absolute atomic E-state index is 0.781. The van der Waals surface area contributed by atoms with Crippen LogP contribution in [0.4, 0.5) is 5.69 Å². The van der Waals surface area contributed by atoms with Gasteiger partial charge in [0.2, 0.25) is 0 Å². The number of hydrogen-bond acceptors (Lipinski definition) is 1. The predicted octanol–water partition coefficient (Wildman–Crippen LogP) is 2.87. The third-order valence-corrected chi connectivity index (χ3v) is 2.00. The molecule has 0 radical (unpaired) electrons. The van der Waals surface area contributed by atoms with Crippen LogP contribution in [0.2, 0.25) is 5.02 Å². The van der Waals surface area contributed by atoms with Crippen molar-refractivity contribution < 1.29 is 0 Å². The highest BCUT2D eigenvalue weighted by Gasteiger charge is 1.94. The third kappa shape index (κ3) is 3.07. The predicted molar refractivity (Wildman–Crippen MR) is 58.0 cm³/mol. The minimum Gasteiger partial charge on any atom is -0.369 e. The van der Waals surface area contributed by atoms with Crippen LogP contribution in [-0.2, 0) is 0 Å². The van der Waals surface area contributed by atoms with E-state index in [1.807, 2.05) is 44.1 Å². The first-order valence-electron chi connectivity index (χ1n) is 4.06. The molecule has 0 heterocycles. The van der Waals surface area contributed by atoms with Crippen LogP contribution in [0.3, 0.4) is 0 Å². The van der Waals surface area contributed by atoms with Crippen molar-refractivity contribution in [2.75, 3.05) is 14.1 Å². The summed E-state index contributed by atoms with van der Waals surface area (Å²) in [5, 5.41) is 0.781. The summed E-state index contributed by atoms with van der Waals surface area (Å²) in [7, 11) is 3.87. The fraction of sp³-hybridized carbons (Fsp3) is 0.300. The van der Waals surface area contributed by atoms with E-state index in [4.69, 9.17) is 11.6 Å². The molecule has 70 valence electrons. The summed E-state index contributed by atoms with van der Waals surface area (Å²) in [5.74, 6) is 0. The van der Waals surface area contributed by atoms with E-state index < -0.39 is 0 Å². The van der Waals surface area contributed by atoms with E-state index in [0.717, 1.165) is 16.3 Å². The zero-order chi connectivity index (χ0) is 9.84. The summed E-state index contributed by atoms with van der Waals surface area (Å²) in [5.41, 5.74) is 1.98. The first-order valence-corrected chi connectivity index (χ1v) is 4.44. The van der Waals surface area contributed by atoms with Crippen LogP contribution in [-0.4, -0.2) is 25.3 Å². The van der Waals surface area contributed by atoms with Crippen LogP contribution >= 0.6 is 11.6 Å². The van der Waals surface area contributed by atoms with Crippen LogP contribution in [0, 0.1) is 6.92 Å². The van der Waals surface area contributed by atoms with E-state index in [1.165, 1.54) is 0 Å². The lowest BCUT2D eigenvalue weighted by Gasteiger charge is -2.03. The summed E-state index contributed by atoms with van der Waals surface area (Å²) >= 11 is 5.88. The number of aliphatic imine (C=N–C) groups is 1. The normalized spacial score (nSPS) is 10.8. The fourth-order valence-electron chi connectivity index (χ4n) is 0.891. The van der Waals surface area contributed by atoms with Gasteiger partial charge in [0, 0.05) is 19.1 Å². The number of benzene rings is 1. The van der Waals surface area contributed by atoms with Crippen molar-refractivity contribution in [2.24, 2.45) is 4.99 Å². The van der Waals surface area contributed by atoms with Crippen molar-refractivity contribution in [2.45, 2.75) is 6.92 Å². The van der Waals surface area contributed by atoms with Gasteiger partial charge in [-0.05, 0) is 30.7 Å². The SMILES string of the molecule is Cc1cc(N=CN(C)C)ccc1Cl. The Labute approximate surface area is 83.8 Å².